The Labute approximate surface area is 222 Å². The van der Waals surface area contributed by atoms with E-state index in [1.807, 2.05) is 61.5 Å². The lowest BCUT2D eigenvalue weighted by atomic mass is 10.1. The molecule has 3 heterocycles. The molecule has 2 aromatic carbocycles. The first-order valence-corrected chi connectivity index (χ1v) is 12.9. The van der Waals surface area contributed by atoms with Crippen LogP contribution in [0, 0.1) is 0 Å². The average molecular weight is 517 g/mol. The molecule has 1 aromatic heterocycles. The quantitative estimate of drug-likeness (QED) is 0.506. The lowest BCUT2D eigenvalue weighted by molar-refractivity contribution is 0.0953. The highest BCUT2D eigenvalue weighted by Gasteiger charge is 2.31. The number of nitrogens with zero attached hydrogens (tertiary/aromatic N) is 4. The minimum absolute atomic E-state index is 0.219. The highest BCUT2D eigenvalue weighted by molar-refractivity contribution is 5.89. The summed E-state index contributed by atoms with van der Waals surface area (Å²) < 4.78 is 11.3. The van der Waals surface area contributed by atoms with Crippen molar-refractivity contribution < 1.29 is 19.1 Å². The van der Waals surface area contributed by atoms with Gasteiger partial charge in [-0.1, -0.05) is 30.3 Å². The smallest absolute Gasteiger partial charge is 0.410 e. The number of aromatic nitrogens is 2. The van der Waals surface area contributed by atoms with Crippen LogP contribution in [0.1, 0.15) is 30.2 Å². The monoisotopic (exact) mass is 516 g/mol. The second-order valence-electron chi connectivity index (χ2n) is 9.21. The Morgan fingerprint density at radius 2 is 1.82 bits per heavy atom. The van der Waals surface area contributed by atoms with Crippen molar-refractivity contribution in [1.82, 2.24) is 20.2 Å². The van der Waals surface area contributed by atoms with E-state index in [1.165, 1.54) is 0 Å². The number of anilines is 2. The first kappa shape index (κ1) is 25.5. The maximum Gasteiger partial charge on any atom is 0.410 e. The molecule has 0 atom stereocenters. The Morgan fingerprint density at radius 1 is 1.00 bits per heavy atom. The van der Waals surface area contributed by atoms with E-state index in [9.17, 15) is 9.59 Å². The van der Waals surface area contributed by atoms with E-state index in [0.717, 1.165) is 47.7 Å². The molecule has 3 aromatic rings. The Bertz CT molecular complexity index is 1260. The molecule has 2 N–H and O–H groups in total. The summed E-state index contributed by atoms with van der Waals surface area (Å²) in [5, 5.41) is 5.52. The van der Waals surface area contributed by atoms with Gasteiger partial charge in [-0.2, -0.15) is 0 Å². The SMILES string of the molecule is CCNC(=O)Nc1ccc(-c2nc3c(c(N4CCCOCC4)n2)CN(C(=O)OCc2ccccc2)C3)cc1. The van der Waals surface area contributed by atoms with Gasteiger partial charge in [0.15, 0.2) is 5.82 Å². The zero-order valence-corrected chi connectivity index (χ0v) is 21.5. The van der Waals surface area contributed by atoms with Crippen molar-refractivity contribution in [1.29, 1.82) is 0 Å². The molecule has 10 nitrogen and oxygen atoms in total. The van der Waals surface area contributed by atoms with E-state index in [4.69, 9.17) is 19.4 Å². The summed E-state index contributed by atoms with van der Waals surface area (Å²) >= 11 is 0. The van der Waals surface area contributed by atoms with Gasteiger partial charge in [-0.25, -0.2) is 19.6 Å². The fourth-order valence-electron chi connectivity index (χ4n) is 4.56. The Hall–Kier alpha value is -4.18. The molecule has 10 heteroatoms. The lowest BCUT2D eigenvalue weighted by Gasteiger charge is -2.24. The molecule has 0 spiro atoms. The number of carbonyl (C=O) groups excluding carboxylic acids is 2. The van der Waals surface area contributed by atoms with Crippen LogP contribution < -0.4 is 15.5 Å². The summed E-state index contributed by atoms with van der Waals surface area (Å²) in [4.78, 5) is 38.5. The minimum atomic E-state index is -0.376. The molecule has 2 aliphatic rings. The number of urea groups is 1. The van der Waals surface area contributed by atoms with Crippen LogP contribution in [0.25, 0.3) is 11.4 Å². The molecule has 2 aliphatic heterocycles. The van der Waals surface area contributed by atoms with E-state index in [0.29, 0.717) is 44.4 Å². The van der Waals surface area contributed by atoms with Crippen molar-refractivity contribution in [2.45, 2.75) is 33.0 Å². The van der Waals surface area contributed by atoms with E-state index < -0.39 is 0 Å². The summed E-state index contributed by atoms with van der Waals surface area (Å²) in [6.07, 6.45) is 0.524. The average Bonchev–Trinajstić information content (AvgIpc) is 3.19. The molecular weight excluding hydrogens is 484 g/mol. The summed E-state index contributed by atoms with van der Waals surface area (Å²) in [6.45, 7) is 6.26. The molecule has 5 rings (SSSR count). The van der Waals surface area contributed by atoms with E-state index in [1.54, 1.807) is 4.90 Å². The number of ether oxygens (including phenoxy) is 2. The van der Waals surface area contributed by atoms with Crippen LogP contribution in [0.15, 0.2) is 54.6 Å². The van der Waals surface area contributed by atoms with Gasteiger partial charge in [-0.05, 0) is 43.2 Å². The van der Waals surface area contributed by atoms with Gasteiger partial charge in [-0.3, -0.25) is 4.90 Å². The van der Waals surface area contributed by atoms with Gasteiger partial charge in [0.25, 0.3) is 0 Å². The molecule has 1 fully saturated rings. The van der Waals surface area contributed by atoms with Gasteiger partial charge in [0.05, 0.1) is 25.4 Å². The number of amides is 3. The van der Waals surface area contributed by atoms with Crippen LogP contribution in [-0.4, -0.2) is 59.8 Å². The topological polar surface area (TPSA) is 109 Å². The third-order valence-corrected chi connectivity index (χ3v) is 6.48. The standard InChI is InChI=1S/C28H32N6O4/c1-2-29-27(35)30-22-11-9-21(10-12-22)25-31-24-18-34(28(36)38-19-20-7-4-3-5-8-20)17-23(24)26(32-25)33-13-6-15-37-16-14-33/h3-5,7-12H,2,6,13-19H2,1H3,(H2,29,30,35). The predicted octanol–water partition coefficient (Wildman–Crippen LogP) is 4.16. The van der Waals surface area contributed by atoms with Crippen LogP contribution >= 0.6 is 0 Å². The second-order valence-corrected chi connectivity index (χ2v) is 9.21. The van der Waals surface area contributed by atoms with Crippen LogP contribution in [0.5, 0.6) is 0 Å². The number of rotatable bonds is 6. The van der Waals surface area contributed by atoms with Gasteiger partial charge in [0.2, 0.25) is 0 Å². The maximum absolute atomic E-state index is 12.9. The van der Waals surface area contributed by atoms with Crippen LogP contribution in [0.4, 0.5) is 21.1 Å². The fourth-order valence-corrected chi connectivity index (χ4v) is 4.56. The Morgan fingerprint density at radius 3 is 2.61 bits per heavy atom. The highest BCUT2D eigenvalue weighted by Crippen LogP contribution is 2.33. The van der Waals surface area contributed by atoms with E-state index >= 15 is 0 Å². The van der Waals surface area contributed by atoms with Crippen molar-refractivity contribution in [2.24, 2.45) is 0 Å². The van der Waals surface area contributed by atoms with Gasteiger partial charge in [0, 0.05) is 43.1 Å². The third-order valence-electron chi connectivity index (χ3n) is 6.48. The van der Waals surface area contributed by atoms with Crippen molar-refractivity contribution >= 4 is 23.6 Å². The number of benzene rings is 2. The molecule has 0 saturated carbocycles. The number of carbonyl (C=O) groups is 2. The molecule has 0 aliphatic carbocycles. The highest BCUT2D eigenvalue weighted by atomic mass is 16.6. The van der Waals surface area contributed by atoms with Crippen molar-refractivity contribution in [2.75, 3.05) is 43.1 Å². The molecule has 0 radical (unpaired) electrons. The summed E-state index contributed by atoms with van der Waals surface area (Å²) in [5.74, 6) is 1.41. The predicted molar refractivity (Wildman–Crippen MR) is 144 cm³/mol. The van der Waals surface area contributed by atoms with Gasteiger partial charge < -0.3 is 25.0 Å². The number of hydrogen-bond acceptors (Lipinski definition) is 7. The third kappa shape index (κ3) is 6.03. The Balaban J connectivity index is 1.38. The Kier molecular flexibility index (Phi) is 7.98. The van der Waals surface area contributed by atoms with E-state index in [-0.39, 0.29) is 18.7 Å². The first-order chi connectivity index (χ1) is 18.6. The molecule has 3 amide bonds. The van der Waals surface area contributed by atoms with Crippen molar-refractivity contribution in [3.63, 3.8) is 0 Å². The maximum atomic E-state index is 12.9. The van der Waals surface area contributed by atoms with Gasteiger partial charge >= 0.3 is 12.1 Å². The summed E-state index contributed by atoms with van der Waals surface area (Å²) in [5.41, 5.74) is 4.21. The van der Waals surface area contributed by atoms with Crippen LogP contribution in [0.2, 0.25) is 0 Å². The van der Waals surface area contributed by atoms with Crippen molar-refractivity contribution in [3.05, 3.63) is 71.4 Å². The first-order valence-electron chi connectivity index (χ1n) is 12.9. The zero-order chi connectivity index (χ0) is 26.3. The summed E-state index contributed by atoms with van der Waals surface area (Å²) in [6, 6.07) is 16.8. The number of fused-ring (bicyclic) bond motifs is 1. The van der Waals surface area contributed by atoms with Gasteiger partial charge in [0.1, 0.15) is 12.4 Å². The van der Waals surface area contributed by atoms with Gasteiger partial charge in [-0.15, -0.1) is 0 Å². The second kappa shape index (κ2) is 11.9. The van der Waals surface area contributed by atoms with E-state index in [2.05, 4.69) is 15.5 Å². The number of hydrogen-bond donors (Lipinski definition) is 2. The normalized spacial score (nSPS) is 15.0. The van der Waals surface area contributed by atoms with Crippen molar-refractivity contribution in [3.8, 4) is 11.4 Å². The molecule has 0 unspecified atom stereocenters. The fraction of sp³-hybridized carbons (Fsp3) is 0.357. The number of nitrogens with one attached hydrogen (secondary N) is 2. The van der Waals surface area contributed by atoms with Crippen LogP contribution in [-0.2, 0) is 29.2 Å². The van der Waals surface area contributed by atoms with Crippen LogP contribution in [0.3, 0.4) is 0 Å². The minimum Gasteiger partial charge on any atom is -0.445 e. The summed E-state index contributed by atoms with van der Waals surface area (Å²) in [7, 11) is 0. The molecule has 198 valence electrons. The molecular formula is C28H32N6O4. The largest absolute Gasteiger partial charge is 0.445 e. The zero-order valence-electron chi connectivity index (χ0n) is 21.5. The molecule has 1 saturated heterocycles. The molecule has 0 bridgehead atoms. The lowest BCUT2D eigenvalue weighted by Crippen LogP contribution is -2.29. The molecule has 38 heavy (non-hydrogen) atoms.